The molecule has 3 aromatic heterocycles. The number of carbonyl (C=O) groups is 1. The van der Waals surface area contributed by atoms with Crippen LogP contribution in [0.5, 0.6) is 0 Å². The van der Waals surface area contributed by atoms with Crippen molar-refractivity contribution < 1.29 is 9.32 Å². The monoisotopic (exact) mass is 492 g/mol. The van der Waals surface area contributed by atoms with E-state index in [1.165, 1.54) is 23.4 Å². The highest BCUT2D eigenvalue weighted by atomic mass is 32.2. The number of thioether (sulfide) groups is 1. The summed E-state index contributed by atoms with van der Waals surface area (Å²) in [5, 5.41) is 4.44. The minimum Gasteiger partial charge on any atom is -0.383 e. The Kier molecular flexibility index (Phi) is 6.87. The lowest BCUT2D eigenvalue weighted by Crippen LogP contribution is -2.39. The van der Waals surface area contributed by atoms with Gasteiger partial charge in [0.25, 0.3) is 11.5 Å². The zero-order valence-corrected chi connectivity index (χ0v) is 20.3. The number of rotatable bonds is 7. The van der Waals surface area contributed by atoms with Crippen LogP contribution in [0.2, 0.25) is 0 Å². The van der Waals surface area contributed by atoms with E-state index >= 15 is 0 Å². The van der Waals surface area contributed by atoms with Gasteiger partial charge in [-0.15, -0.1) is 11.8 Å². The van der Waals surface area contributed by atoms with Crippen LogP contribution in [0.15, 0.2) is 67.8 Å². The van der Waals surface area contributed by atoms with E-state index in [0.717, 1.165) is 21.7 Å². The zero-order valence-electron chi connectivity index (χ0n) is 19.4. The van der Waals surface area contributed by atoms with Crippen LogP contribution < -0.4 is 21.9 Å². The quantitative estimate of drug-likeness (QED) is 0.375. The lowest BCUT2D eigenvalue weighted by molar-refractivity contribution is 0.0989. The molecule has 3 heterocycles. The number of nitrogens with zero attached hydrogens (tertiary/aromatic N) is 4. The fraction of sp³-hybridized carbons (Fsp3) is 0.208. The summed E-state index contributed by atoms with van der Waals surface area (Å²) in [6.07, 6.45) is 1.59. The topological polar surface area (TPSA) is 140 Å². The molecule has 3 N–H and O–H groups in total. The number of H-pyrrole nitrogens is 1. The van der Waals surface area contributed by atoms with Crippen molar-refractivity contribution in [2.45, 2.75) is 31.2 Å². The van der Waals surface area contributed by atoms with Gasteiger partial charge in [-0.1, -0.05) is 35.5 Å². The number of hydrogen-bond donors (Lipinski definition) is 2. The van der Waals surface area contributed by atoms with E-state index in [2.05, 4.69) is 15.1 Å². The van der Waals surface area contributed by atoms with Gasteiger partial charge in [0, 0.05) is 24.6 Å². The number of nitrogens with one attached hydrogen (secondary N) is 1. The molecule has 0 saturated carbocycles. The standard InChI is InChI=1S/C24H24N6O4S/c1-14-18(15(2)34-28-14)13-35-22-17(10-7-11-26-22)23(32)29(3)19-20(25)30(24(33)27-21(19)31)12-16-8-5-4-6-9-16/h4-11H,12-13,25H2,1-3H3,(H,27,31,33). The van der Waals surface area contributed by atoms with Gasteiger partial charge in [0.15, 0.2) is 5.69 Å². The number of carbonyl (C=O) groups excluding carboxylic acids is 1. The first-order chi connectivity index (χ1) is 16.8. The van der Waals surface area contributed by atoms with Crippen LogP contribution in [0.3, 0.4) is 0 Å². The third-order valence-corrected chi connectivity index (χ3v) is 6.61. The smallest absolute Gasteiger partial charge is 0.330 e. The molecule has 4 rings (SSSR count). The van der Waals surface area contributed by atoms with Crippen LogP contribution in [-0.4, -0.2) is 32.6 Å². The summed E-state index contributed by atoms with van der Waals surface area (Å²) in [6, 6.07) is 12.5. The first-order valence-electron chi connectivity index (χ1n) is 10.7. The molecule has 0 atom stereocenters. The molecule has 0 spiro atoms. The SMILES string of the molecule is Cc1noc(C)c1CSc1ncccc1C(=O)N(C)c1c(N)n(Cc2ccccc2)c(=O)[nH]c1=O. The van der Waals surface area contributed by atoms with Crippen molar-refractivity contribution >= 4 is 29.2 Å². The molecule has 0 fully saturated rings. The molecule has 0 radical (unpaired) electrons. The first-order valence-corrected chi connectivity index (χ1v) is 11.7. The Hall–Kier alpha value is -4.12. The number of nitrogen functional groups attached to an aromatic ring is 1. The van der Waals surface area contributed by atoms with Crippen molar-refractivity contribution in [3.05, 3.63) is 97.6 Å². The van der Waals surface area contributed by atoms with E-state index in [-0.39, 0.29) is 18.1 Å². The maximum atomic E-state index is 13.5. The van der Waals surface area contributed by atoms with Gasteiger partial charge < -0.3 is 15.2 Å². The molecular formula is C24H24N6O4S. The summed E-state index contributed by atoms with van der Waals surface area (Å²) in [7, 11) is 1.44. The maximum absolute atomic E-state index is 13.5. The van der Waals surface area contributed by atoms with Crippen LogP contribution in [0, 0.1) is 13.8 Å². The minimum absolute atomic E-state index is 0.104. The Labute approximate surface area is 204 Å². The Morgan fingerprint density at radius 2 is 1.91 bits per heavy atom. The summed E-state index contributed by atoms with van der Waals surface area (Å²) in [5.74, 6) is 0.622. The highest BCUT2D eigenvalue weighted by Crippen LogP contribution is 2.28. The van der Waals surface area contributed by atoms with Gasteiger partial charge >= 0.3 is 5.69 Å². The molecule has 180 valence electrons. The van der Waals surface area contributed by atoms with Crippen molar-refractivity contribution in [1.29, 1.82) is 0 Å². The number of benzene rings is 1. The predicted octanol–water partition coefficient (Wildman–Crippen LogP) is 2.74. The van der Waals surface area contributed by atoms with Gasteiger partial charge in [-0.2, -0.15) is 0 Å². The van der Waals surface area contributed by atoms with E-state index in [0.29, 0.717) is 22.1 Å². The average Bonchev–Trinajstić information content (AvgIpc) is 3.17. The second kappa shape index (κ2) is 10.0. The molecule has 0 aliphatic heterocycles. The molecule has 35 heavy (non-hydrogen) atoms. The molecule has 0 aliphatic carbocycles. The summed E-state index contributed by atoms with van der Waals surface area (Å²) >= 11 is 1.36. The summed E-state index contributed by atoms with van der Waals surface area (Å²) in [4.78, 5) is 46.4. The average molecular weight is 493 g/mol. The van der Waals surface area contributed by atoms with Gasteiger partial charge in [-0.25, -0.2) is 9.78 Å². The molecule has 0 aliphatic rings. The van der Waals surface area contributed by atoms with Crippen molar-refractivity contribution in [2.24, 2.45) is 0 Å². The van der Waals surface area contributed by atoms with Crippen molar-refractivity contribution in [1.82, 2.24) is 19.7 Å². The lowest BCUT2D eigenvalue weighted by atomic mass is 10.2. The number of pyridine rings is 1. The van der Waals surface area contributed by atoms with E-state index < -0.39 is 17.2 Å². The second-order valence-electron chi connectivity index (χ2n) is 7.88. The fourth-order valence-corrected chi connectivity index (χ4v) is 4.76. The molecule has 0 unspecified atom stereocenters. The molecule has 4 aromatic rings. The fourth-order valence-electron chi connectivity index (χ4n) is 3.62. The summed E-state index contributed by atoms with van der Waals surface area (Å²) in [5.41, 5.74) is 7.56. The second-order valence-corrected chi connectivity index (χ2v) is 8.84. The third-order valence-electron chi connectivity index (χ3n) is 5.57. The number of aryl methyl sites for hydroxylation is 2. The Balaban J connectivity index is 1.66. The molecule has 0 bridgehead atoms. The zero-order chi connectivity index (χ0) is 25.1. The number of hydrogen-bond acceptors (Lipinski definition) is 8. The Morgan fingerprint density at radius 1 is 1.17 bits per heavy atom. The van der Waals surface area contributed by atoms with Gasteiger partial charge in [-0.3, -0.25) is 19.1 Å². The molecule has 0 saturated heterocycles. The summed E-state index contributed by atoms with van der Waals surface area (Å²) in [6.45, 7) is 3.82. The molecule has 1 aromatic carbocycles. The first kappa shape index (κ1) is 24.0. The molecule has 11 heteroatoms. The van der Waals surface area contributed by atoms with E-state index in [1.54, 1.807) is 18.3 Å². The van der Waals surface area contributed by atoms with Crippen molar-refractivity contribution in [3.8, 4) is 0 Å². The number of nitrogens with two attached hydrogens (primary N) is 1. The minimum atomic E-state index is -0.749. The highest BCUT2D eigenvalue weighted by Gasteiger charge is 2.25. The van der Waals surface area contributed by atoms with Gasteiger partial charge in [0.2, 0.25) is 0 Å². The van der Waals surface area contributed by atoms with E-state index in [4.69, 9.17) is 10.3 Å². The Bertz CT molecular complexity index is 1470. The van der Waals surface area contributed by atoms with Crippen LogP contribution in [-0.2, 0) is 12.3 Å². The predicted molar refractivity (Wildman–Crippen MR) is 134 cm³/mol. The van der Waals surface area contributed by atoms with Crippen LogP contribution >= 0.6 is 11.8 Å². The van der Waals surface area contributed by atoms with Crippen LogP contribution in [0.25, 0.3) is 0 Å². The highest BCUT2D eigenvalue weighted by molar-refractivity contribution is 7.98. The van der Waals surface area contributed by atoms with Gasteiger partial charge in [-0.05, 0) is 31.5 Å². The van der Waals surface area contributed by atoms with Gasteiger partial charge in [0.05, 0.1) is 17.8 Å². The van der Waals surface area contributed by atoms with Crippen molar-refractivity contribution in [3.63, 3.8) is 0 Å². The molecule has 10 nitrogen and oxygen atoms in total. The summed E-state index contributed by atoms with van der Waals surface area (Å²) < 4.78 is 6.44. The number of aromatic nitrogens is 4. The molecule has 1 amide bonds. The number of amides is 1. The van der Waals surface area contributed by atoms with Crippen LogP contribution in [0.4, 0.5) is 11.5 Å². The lowest BCUT2D eigenvalue weighted by Gasteiger charge is -2.21. The van der Waals surface area contributed by atoms with E-state index in [1.807, 2.05) is 44.2 Å². The number of anilines is 2. The normalized spacial score (nSPS) is 10.9. The molecular weight excluding hydrogens is 468 g/mol. The van der Waals surface area contributed by atoms with Gasteiger partial charge in [0.1, 0.15) is 16.6 Å². The third kappa shape index (κ3) is 4.90. The number of aromatic amines is 1. The van der Waals surface area contributed by atoms with Crippen molar-refractivity contribution in [2.75, 3.05) is 17.7 Å². The van der Waals surface area contributed by atoms with Crippen LogP contribution in [0.1, 0.15) is 32.9 Å². The maximum Gasteiger partial charge on any atom is 0.330 e. The largest absolute Gasteiger partial charge is 0.383 e. The Morgan fingerprint density at radius 3 is 2.60 bits per heavy atom. The van der Waals surface area contributed by atoms with E-state index in [9.17, 15) is 14.4 Å².